The van der Waals surface area contributed by atoms with Crippen LogP contribution >= 0.6 is 23.5 Å². The molecule has 1 unspecified atom stereocenters. The van der Waals surface area contributed by atoms with Gasteiger partial charge in [0.2, 0.25) is 6.23 Å². The van der Waals surface area contributed by atoms with Gasteiger partial charge in [-0.2, -0.15) is 0 Å². The van der Waals surface area contributed by atoms with Gasteiger partial charge in [0.15, 0.2) is 0 Å². The van der Waals surface area contributed by atoms with E-state index in [9.17, 15) is 4.79 Å². The summed E-state index contributed by atoms with van der Waals surface area (Å²) in [5.74, 6) is 1.53. The van der Waals surface area contributed by atoms with Gasteiger partial charge in [0.25, 0.3) is 0 Å². The fraction of sp³-hybridized carbons (Fsp3) is 0.333. The summed E-state index contributed by atoms with van der Waals surface area (Å²) in [4.78, 5) is 15.2. The highest BCUT2D eigenvalue weighted by atomic mass is 32.2. The minimum Gasteiger partial charge on any atom is -0.438 e. The average Bonchev–Trinajstić information content (AvgIpc) is 2.85. The molecule has 0 amide bonds. The normalized spacial score (nSPS) is 18.3. The summed E-state index contributed by atoms with van der Waals surface area (Å²) < 4.78 is 10.3. The molecule has 1 aliphatic heterocycles. The highest BCUT2D eigenvalue weighted by molar-refractivity contribution is 8.38. The van der Waals surface area contributed by atoms with Crippen LogP contribution < -0.4 is 0 Å². The molecule has 0 aliphatic carbocycles. The highest BCUT2D eigenvalue weighted by Crippen LogP contribution is 2.28. The Hall–Kier alpha value is -1.14. The minimum absolute atomic E-state index is 0.416. The van der Waals surface area contributed by atoms with E-state index in [1.807, 2.05) is 18.2 Å². The van der Waals surface area contributed by atoms with Crippen molar-refractivity contribution in [1.29, 1.82) is 0 Å². The second kappa shape index (κ2) is 6.70. The quantitative estimate of drug-likeness (QED) is 0.798. The van der Waals surface area contributed by atoms with Crippen LogP contribution in [0.2, 0.25) is 0 Å². The monoisotopic (exact) mass is 283 g/mol. The van der Waals surface area contributed by atoms with Crippen molar-refractivity contribution < 1.29 is 14.3 Å². The smallest absolute Gasteiger partial charge is 0.438 e. The molecule has 0 aromatic heterocycles. The number of ether oxygens (including phenoxy) is 2. The highest BCUT2D eigenvalue weighted by Gasteiger charge is 2.22. The predicted octanol–water partition coefficient (Wildman–Crippen LogP) is 3.13. The number of carbonyl (C=O) groups is 1. The van der Waals surface area contributed by atoms with Crippen molar-refractivity contribution in [3.05, 3.63) is 35.9 Å². The summed E-state index contributed by atoms with van der Waals surface area (Å²) in [6.07, 6.45) is -1.10. The molecule has 2 rings (SSSR count). The third-order valence-corrected chi connectivity index (χ3v) is 4.54. The molecule has 0 bridgehead atoms. The first-order valence-corrected chi connectivity index (χ1v) is 7.37. The van der Waals surface area contributed by atoms with Crippen LogP contribution in [0.25, 0.3) is 0 Å². The Morgan fingerprint density at radius 2 is 2.28 bits per heavy atom. The van der Waals surface area contributed by atoms with E-state index in [0.717, 1.165) is 10.1 Å². The lowest BCUT2D eigenvalue weighted by molar-refractivity contribution is 0.0489. The lowest BCUT2D eigenvalue weighted by Gasteiger charge is -2.05. The number of rotatable bonds is 3. The summed E-state index contributed by atoms with van der Waals surface area (Å²) in [6.45, 7) is 0. The number of benzene rings is 1. The topological polar surface area (TPSA) is 47.9 Å². The standard InChI is InChI=1S/C12H13NO3S2/c1-15-12(14)16-10-8-18-11(13-10)17-7-9-5-3-2-4-6-9/h2-6,10H,7-8H2,1H3. The van der Waals surface area contributed by atoms with Gasteiger partial charge in [-0.05, 0) is 5.56 Å². The molecule has 0 saturated carbocycles. The van der Waals surface area contributed by atoms with Gasteiger partial charge >= 0.3 is 6.16 Å². The van der Waals surface area contributed by atoms with E-state index in [-0.39, 0.29) is 0 Å². The second-order valence-electron chi connectivity index (χ2n) is 3.51. The summed E-state index contributed by atoms with van der Waals surface area (Å²) >= 11 is 3.26. The van der Waals surface area contributed by atoms with Crippen molar-refractivity contribution in [2.45, 2.75) is 12.0 Å². The van der Waals surface area contributed by atoms with E-state index in [2.05, 4.69) is 21.9 Å². The van der Waals surface area contributed by atoms with Gasteiger partial charge in [0.1, 0.15) is 4.38 Å². The number of thioether (sulfide) groups is 2. The van der Waals surface area contributed by atoms with Gasteiger partial charge in [-0.25, -0.2) is 9.79 Å². The van der Waals surface area contributed by atoms with Crippen LogP contribution in [0.5, 0.6) is 0 Å². The minimum atomic E-state index is -0.682. The molecular formula is C12H13NO3S2. The largest absolute Gasteiger partial charge is 0.510 e. The summed E-state index contributed by atoms with van der Waals surface area (Å²) in [5.41, 5.74) is 1.25. The average molecular weight is 283 g/mol. The molecular weight excluding hydrogens is 270 g/mol. The lowest BCUT2D eigenvalue weighted by Crippen LogP contribution is -2.15. The molecule has 1 aromatic rings. The van der Waals surface area contributed by atoms with E-state index in [4.69, 9.17) is 4.74 Å². The molecule has 0 saturated heterocycles. The van der Waals surface area contributed by atoms with Gasteiger partial charge in [-0.15, -0.1) is 0 Å². The first-order chi connectivity index (χ1) is 8.78. The zero-order chi connectivity index (χ0) is 12.8. The Kier molecular flexibility index (Phi) is 4.95. The zero-order valence-electron chi connectivity index (χ0n) is 9.87. The van der Waals surface area contributed by atoms with Crippen molar-refractivity contribution in [1.82, 2.24) is 0 Å². The number of methoxy groups -OCH3 is 1. The van der Waals surface area contributed by atoms with Gasteiger partial charge in [0.05, 0.1) is 12.9 Å². The molecule has 4 nitrogen and oxygen atoms in total. The van der Waals surface area contributed by atoms with Crippen LogP contribution in [0, 0.1) is 0 Å². The second-order valence-corrected chi connectivity index (χ2v) is 5.74. The maximum absolute atomic E-state index is 10.9. The van der Waals surface area contributed by atoms with Gasteiger partial charge < -0.3 is 9.47 Å². The first kappa shape index (κ1) is 13.3. The Morgan fingerprint density at radius 1 is 1.50 bits per heavy atom. The van der Waals surface area contributed by atoms with Crippen LogP contribution in [0.4, 0.5) is 4.79 Å². The SMILES string of the molecule is COC(=O)OC1CSC(SCc2ccccc2)=N1. The Balaban J connectivity index is 1.81. The molecule has 1 atom stereocenters. The van der Waals surface area contributed by atoms with Crippen molar-refractivity contribution in [3.8, 4) is 0 Å². The third kappa shape index (κ3) is 3.96. The summed E-state index contributed by atoms with van der Waals surface area (Å²) in [6, 6.07) is 10.2. The summed E-state index contributed by atoms with van der Waals surface area (Å²) in [7, 11) is 1.29. The van der Waals surface area contributed by atoms with Crippen molar-refractivity contribution in [2.24, 2.45) is 4.99 Å². The molecule has 1 aromatic carbocycles. The number of hydrogen-bond donors (Lipinski definition) is 0. The van der Waals surface area contributed by atoms with Gasteiger partial charge in [-0.3, -0.25) is 0 Å². The van der Waals surface area contributed by atoms with Crippen LogP contribution in [0.1, 0.15) is 5.56 Å². The van der Waals surface area contributed by atoms with E-state index in [1.54, 1.807) is 23.5 Å². The fourth-order valence-electron chi connectivity index (χ4n) is 1.35. The molecule has 18 heavy (non-hydrogen) atoms. The van der Waals surface area contributed by atoms with Crippen molar-refractivity contribution in [2.75, 3.05) is 12.9 Å². The first-order valence-electron chi connectivity index (χ1n) is 5.40. The van der Waals surface area contributed by atoms with Crippen molar-refractivity contribution in [3.63, 3.8) is 0 Å². The van der Waals surface area contributed by atoms with E-state index in [0.29, 0.717) is 5.75 Å². The molecule has 0 spiro atoms. The Morgan fingerprint density at radius 3 is 3.00 bits per heavy atom. The lowest BCUT2D eigenvalue weighted by atomic mass is 10.2. The van der Waals surface area contributed by atoms with Gasteiger partial charge in [-0.1, -0.05) is 53.9 Å². The molecule has 0 N–H and O–H groups in total. The maximum Gasteiger partial charge on any atom is 0.510 e. The number of nitrogens with zero attached hydrogens (tertiary/aromatic N) is 1. The van der Waals surface area contributed by atoms with E-state index >= 15 is 0 Å². The van der Waals surface area contributed by atoms with Gasteiger partial charge in [0, 0.05) is 5.75 Å². The third-order valence-electron chi connectivity index (χ3n) is 2.20. The van der Waals surface area contributed by atoms with E-state index in [1.165, 1.54) is 12.7 Å². The molecule has 0 radical (unpaired) electrons. The van der Waals surface area contributed by atoms with Crippen molar-refractivity contribution >= 4 is 34.1 Å². The van der Waals surface area contributed by atoms with Crippen LogP contribution in [0.3, 0.4) is 0 Å². The molecule has 0 fully saturated rings. The fourth-order valence-corrected chi connectivity index (χ4v) is 3.36. The van der Waals surface area contributed by atoms with Crippen LogP contribution in [0.15, 0.2) is 35.3 Å². The zero-order valence-corrected chi connectivity index (χ0v) is 11.5. The van der Waals surface area contributed by atoms with Crippen LogP contribution in [-0.4, -0.2) is 29.6 Å². The Labute approximate surface area is 114 Å². The number of hydrogen-bond acceptors (Lipinski definition) is 6. The molecule has 1 heterocycles. The predicted molar refractivity (Wildman–Crippen MR) is 74.9 cm³/mol. The Bertz CT molecular complexity index is 436. The van der Waals surface area contributed by atoms with Crippen LogP contribution in [-0.2, 0) is 15.2 Å². The molecule has 1 aliphatic rings. The molecule has 96 valence electrons. The summed E-state index contributed by atoms with van der Waals surface area (Å²) in [5, 5.41) is 0. The maximum atomic E-state index is 10.9. The van der Waals surface area contributed by atoms with E-state index < -0.39 is 12.4 Å². The molecule has 6 heteroatoms. The number of aliphatic imine (C=N–C) groups is 1. The number of carbonyl (C=O) groups excluding carboxylic acids is 1.